The number of nitrogens with zero attached hydrogens (tertiary/aromatic N) is 2. The average Bonchev–Trinajstić information content (AvgIpc) is 2.77. The summed E-state index contributed by atoms with van der Waals surface area (Å²) in [6.45, 7) is 4.87. The van der Waals surface area contributed by atoms with E-state index in [0.29, 0.717) is 26.3 Å². The third kappa shape index (κ3) is 4.63. The number of fused-ring (bicyclic) bond motifs is 1. The number of benzene rings is 3. The maximum atomic E-state index is 14.3. The van der Waals surface area contributed by atoms with Crippen molar-refractivity contribution < 1.29 is 13.9 Å². The molecule has 0 aromatic heterocycles. The van der Waals surface area contributed by atoms with Crippen molar-refractivity contribution in [2.24, 2.45) is 0 Å². The van der Waals surface area contributed by atoms with Gasteiger partial charge in [-0.2, -0.15) is 0 Å². The Bertz CT molecular complexity index is 980. The van der Waals surface area contributed by atoms with Gasteiger partial charge >= 0.3 is 0 Å². The molecule has 0 aliphatic carbocycles. The number of carbonyl (C=O) groups excluding carboxylic acids is 1. The van der Waals surface area contributed by atoms with E-state index in [4.69, 9.17) is 4.74 Å². The fourth-order valence-corrected chi connectivity index (χ4v) is 3.78. The topological polar surface area (TPSA) is 32.8 Å². The molecule has 0 N–H and O–H groups in total. The zero-order valence-corrected chi connectivity index (χ0v) is 16.4. The van der Waals surface area contributed by atoms with Gasteiger partial charge in [0.05, 0.1) is 18.8 Å². The Kier molecular flexibility index (Phi) is 6.17. The fourth-order valence-electron chi connectivity index (χ4n) is 3.78. The fraction of sp³-hybridized carbons (Fsp3) is 0.292. The molecule has 150 valence electrons. The number of morpholine rings is 1. The Morgan fingerprint density at radius 1 is 0.966 bits per heavy atom. The molecule has 0 bridgehead atoms. The molecular formula is C24H25FN2O2. The van der Waals surface area contributed by atoms with Gasteiger partial charge < -0.3 is 9.64 Å². The van der Waals surface area contributed by atoms with Crippen LogP contribution >= 0.6 is 0 Å². The molecule has 0 unspecified atom stereocenters. The Hall–Kier alpha value is -2.76. The molecular weight excluding hydrogens is 367 g/mol. The van der Waals surface area contributed by atoms with E-state index in [0.717, 1.165) is 36.0 Å². The summed E-state index contributed by atoms with van der Waals surface area (Å²) in [6, 6.07) is 20.5. The standard InChI is InChI=1S/C24H25FN2O2/c25-23-11-4-3-10-22(23)24(28)27(13-12-26-14-16-29-17-15-26)18-20-8-5-7-19-6-1-2-9-21(19)20/h1-11H,12-18H2. The third-order valence-corrected chi connectivity index (χ3v) is 5.42. The van der Waals surface area contributed by atoms with Crippen LogP contribution in [0, 0.1) is 5.82 Å². The third-order valence-electron chi connectivity index (χ3n) is 5.42. The molecule has 5 heteroatoms. The molecule has 4 rings (SSSR count). The van der Waals surface area contributed by atoms with Gasteiger partial charge in [-0.3, -0.25) is 9.69 Å². The minimum absolute atomic E-state index is 0.120. The Balaban J connectivity index is 1.60. The average molecular weight is 392 g/mol. The summed E-state index contributed by atoms with van der Waals surface area (Å²) in [5.74, 6) is -0.754. The zero-order chi connectivity index (χ0) is 20.1. The first-order chi connectivity index (χ1) is 14.2. The molecule has 1 heterocycles. The molecule has 1 saturated heterocycles. The Morgan fingerprint density at radius 3 is 2.52 bits per heavy atom. The second-order valence-electron chi connectivity index (χ2n) is 7.30. The summed E-state index contributed by atoms with van der Waals surface area (Å²) in [7, 11) is 0. The van der Waals surface area contributed by atoms with Gasteiger partial charge in [0.2, 0.25) is 0 Å². The van der Waals surface area contributed by atoms with Gasteiger partial charge in [0.25, 0.3) is 5.91 Å². The Morgan fingerprint density at radius 2 is 1.69 bits per heavy atom. The van der Waals surface area contributed by atoms with Crippen LogP contribution in [0.25, 0.3) is 10.8 Å². The van der Waals surface area contributed by atoms with E-state index in [9.17, 15) is 9.18 Å². The minimum Gasteiger partial charge on any atom is -0.379 e. The molecule has 1 fully saturated rings. The van der Waals surface area contributed by atoms with E-state index in [1.165, 1.54) is 6.07 Å². The normalized spacial score (nSPS) is 14.8. The Labute approximate surface area is 170 Å². The molecule has 3 aromatic rings. The van der Waals surface area contributed by atoms with Gasteiger partial charge in [-0.15, -0.1) is 0 Å². The number of halogens is 1. The SMILES string of the molecule is O=C(c1ccccc1F)N(CCN1CCOCC1)Cc1cccc2ccccc12. The van der Waals surface area contributed by atoms with Crippen molar-refractivity contribution in [3.63, 3.8) is 0 Å². The lowest BCUT2D eigenvalue weighted by atomic mass is 10.0. The summed E-state index contributed by atoms with van der Waals surface area (Å²) in [5, 5.41) is 2.25. The maximum Gasteiger partial charge on any atom is 0.257 e. The van der Waals surface area contributed by atoms with Crippen LogP contribution in [0.5, 0.6) is 0 Å². The van der Waals surface area contributed by atoms with E-state index in [-0.39, 0.29) is 11.5 Å². The molecule has 1 amide bonds. The first-order valence-electron chi connectivity index (χ1n) is 10.0. The summed E-state index contributed by atoms with van der Waals surface area (Å²) in [5.41, 5.74) is 1.18. The molecule has 0 atom stereocenters. The van der Waals surface area contributed by atoms with Gasteiger partial charge in [-0.05, 0) is 28.5 Å². The largest absolute Gasteiger partial charge is 0.379 e. The van der Waals surface area contributed by atoms with Gasteiger partial charge in [0.1, 0.15) is 5.82 Å². The molecule has 1 aliphatic rings. The highest BCUT2D eigenvalue weighted by atomic mass is 19.1. The van der Waals surface area contributed by atoms with E-state index in [1.807, 2.05) is 24.3 Å². The van der Waals surface area contributed by atoms with Crippen molar-refractivity contribution in [2.75, 3.05) is 39.4 Å². The van der Waals surface area contributed by atoms with Crippen LogP contribution in [0.2, 0.25) is 0 Å². The first kappa shape index (κ1) is 19.6. The summed E-state index contributed by atoms with van der Waals surface area (Å²) < 4.78 is 19.7. The van der Waals surface area contributed by atoms with Gasteiger partial charge in [-0.1, -0.05) is 54.6 Å². The number of amides is 1. The predicted octanol–water partition coefficient (Wildman–Crippen LogP) is 3.95. The molecule has 0 spiro atoms. The first-order valence-corrected chi connectivity index (χ1v) is 10.0. The van der Waals surface area contributed by atoms with E-state index in [1.54, 1.807) is 23.1 Å². The van der Waals surface area contributed by atoms with Gasteiger partial charge in [0, 0.05) is 32.7 Å². The minimum atomic E-state index is -0.480. The lowest BCUT2D eigenvalue weighted by molar-refractivity contribution is 0.0320. The van der Waals surface area contributed by atoms with Crippen molar-refractivity contribution >= 4 is 16.7 Å². The molecule has 0 radical (unpaired) electrons. The number of hydrogen-bond acceptors (Lipinski definition) is 3. The van der Waals surface area contributed by atoms with Crippen LogP contribution in [0.3, 0.4) is 0 Å². The van der Waals surface area contributed by atoms with Crippen LogP contribution in [0.1, 0.15) is 15.9 Å². The van der Waals surface area contributed by atoms with Crippen molar-refractivity contribution in [1.82, 2.24) is 9.80 Å². The second-order valence-corrected chi connectivity index (χ2v) is 7.30. The number of hydrogen-bond donors (Lipinski definition) is 0. The lowest BCUT2D eigenvalue weighted by Gasteiger charge is -2.30. The van der Waals surface area contributed by atoms with Gasteiger partial charge in [-0.25, -0.2) is 4.39 Å². The predicted molar refractivity (Wildman–Crippen MR) is 112 cm³/mol. The molecule has 1 aliphatic heterocycles. The highest BCUT2D eigenvalue weighted by molar-refractivity contribution is 5.95. The molecule has 29 heavy (non-hydrogen) atoms. The van der Waals surface area contributed by atoms with Crippen LogP contribution in [0.4, 0.5) is 4.39 Å². The summed E-state index contributed by atoms with van der Waals surface area (Å²) in [4.78, 5) is 17.3. The maximum absolute atomic E-state index is 14.3. The molecule has 3 aromatic carbocycles. The van der Waals surface area contributed by atoms with Crippen molar-refractivity contribution in [3.05, 3.63) is 83.7 Å². The lowest BCUT2D eigenvalue weighted by Crippen LogP contribution is -2.43. The van der Waals surface area contributed by atoms with E-state index < -0.39 is 5.82 Å². The summed E-state index contributed by atoms with van der Waals surface area (Å²) in [6.07, 6.45) is 0. The molecule has 0 saturated carbocycles. The van der Waals surface area contributed by atoms with Crippen LogP contribution in [0.15, 0.2) is 66.7 Å². The monoisotopic (exact) mass is 392 g/mol. The van der Waals surface area contributed by atoms with E-state index >= 15 is 0 Å². The summed E-state index contributed by atoms with van der Waals surface area (Å²) >= 11 is 0. The van der Waals surface area contributed by atoms with Crippen molar-refractivity contribution in [2.45, 2.75) is 6.54 Å². The second kappa shape index (κ2) is 9.16. The van der Waals surface area contributed by atoms with Crippen LogP contribution in [-0.2, 0) is 11.3 Å². The molecule has 4 nitrogen and oxygen atoms in total. The van der Waals surface area contributed by atoms with Crippen LogP contribution in [-0.4, -0.2) is 55.1 Å². The van der Waals surface area contributed by atoms with Crippen LogP contribution < -0.4 is 0 Å². The smallest absolute Gasteiger partial charge is 0.257 e. The quantitative estimate of drug-likeness (QED) is 0.637. The zero-order valence-electron chi connectivity index (χ0n) is 16.4. The number of ether oxygens (including phenoxy) is 1. The van der Waals surface area contributed by atoms with Gasteiger partial charge in [0.15, 0.2) is 0 Å². The highest BCUT2D eigenvalue weighted by Crippen LogP contribution is 2.21. The van der Waals surface area contributed by atoms with E-state index in [2.05, 4.69) is 23.1 Å². The number of rotatable bonds is 6. The number of carbonyl (C=O) groups is 1. The van der Waals surface area contributed by atoms with Crippen molar-refractivity contribution in [1.29, 1.82) is 0 Å². The van der Waals surface area contributed by atoms with Crippen molar-refractivity contribution in [3.8, 4) is 0 Å². The highest BCUT2D eigenvalue weighted by Gasteiger charge is 2.21.